The maximum Gasteiger partial charge on any atom is 0.00715 e. The molecule has 0 aromatic carbocycles. The van der Waals surface area contributed by atoms with Crippen LogP contribution in [0.4, 0.5) is 0 Å². The fourth-order valence-corrected chi connectivity index (χ4v) is 4.10. The maximum atomic E-state index is 2.11. The van der Waals surface area contributed by atoms with Crippen LogP contribution in [-0.4, -0.2) is 11.5 Å². The lowest BCUT2D eigenvalue weighted by atomic mass is 10.1. The zero-order valence-corrected chi connectivity index (χ0v) is 7.69. The summed E-state index contributed by atoms with van der Waals surface area (Å²) >= 11 is 4.21. The van der Waals surface area contributed by atoms with Crippen molar-refractivity contribution in [2.75, 3.05) is 11.5 Å². The summed E-state index contributed by atoms with van der Waals surface area (Å²) in [4.78, 5) is 3.45. The molecule has 56 valence electrons. The van der Waals surface area contributed by atoms with Crippen molar-refractivity contribution in [1.29, 1.82) is 0 Å². The van der Waals surface area contributed by atoms with Crippen LogP contribution >= 0.6 is 23.5 Å². The first kappa shape index (κ1) is 7.11. The SMILES string of the molecule is C1CCC2=C(C1)SCCS2. The van der Waals surface area contributed by atoms with Crippen molar-refractivity contribution < 1.29 is 0 Å². The lowest BCUT2D eigenvalue weighted by Gasteiger charge is -2.23. The van der Waals surface area contributed by atoms with Crippen molar-refractivity contribution in [3.8, 4) is 0 Å². The van der Waals surface area contributed by atoms with E-state index in [9.17, 15) is 0 Å². The van der Waals surface area contributed by atoms with E-state index < -0.39 is 0 Å². The van der Waals surface area contributed by atoms with Crippen LogP contribution in [0.3, 0.4) is 0 Å². The fourth-order valence-electron chi connectivity index (χ4n) is 1.49. The molecule has 10 heavy (non-hydrogen) atoms. The Kier molecular flexibility index (Phi) is 2.29. The van der Waals surface area contributed by atoms with Gasteiger partial charge in [-0.2, -0.15) is 0 Å². The van der Waals surface area contributed by atoms with Gasteiger partial charge in [-0.15, -0.1) is 23.5 Å². The standard InChI is InChI=1S/C8H12S2/c1-2-4-8-7(3-1)9-5-6-10-8/h1-6H2. The third kappa shape index (κ3) is 1.37. The highest BCUT2D eigenvalue weighted by Crippen LogP contribution is 2.42. The van der Waals surface area contributed by atoms with Crippen LogP contribution in [0.25, 0.3) is 0 Å². The number of thioether (sulfide) groups is 2. The van der Waals surface area contributed by atoms with Crippen LogP contribution in [0.2, 0.25) is 0 Å². The van der Waals surface area contributed by atoms with Gasteiger partial charge in [0.05, 0.1) is 0 Å². The van der Waals surface area contributed by atoms with Gasteiger partial charge in [0.25, 0.3) is 0 Å². The summed E-state index contributed by atoms with van der Waals surface area (Å²) in [6.45, 7) is 0. The second kappa shape index (κ2) is 3.22. The Morgan fingerprint density at radius 2 is 1.30 bits per heavy atom. The van der Waals surface area contributed by atoms with Crippen molar-refractivity contribution in [3.05, 3.63) is 9.81 Å². The molecule has 2 aliphatic rings. The molecular weight excluding hydrogens is 160 g/mol. The molecule has 0 nitrogen and oxygen atoms in total. The third-order valence-electron chi connectivity index (χ3n) is 2.00. The van der Waals surface area contributed by atoms with Gasteiger partial charge in [0, 0.05) is 11.5 Å². The Bertz CT molecular complexity index is 127. The molecule has 0 aromatic rings. The van der Waals surface area contributed by atoms with Crippen LogP contribution in [0, 0.1) is 0 Å². The molecular formula is C8H12S2. The van der Waals surface area contributed by atoms with E-state index in [1.165, 1.54) is 37.2 Å². The van der Waals surface area contributed by atoms with Crippen molar-refractivity contribution in [3.63, 3.8) is 0 Å². The van der Waals surface area contributed by atoms with Crippen molar-refractivity contribution in [2.24, 2.45) is 0 Å². The fraction of sp³-hybridized carbons (Fsp3) is 0.750. The molecule has 0 radical (unpaired) electrons. The molecule has 0 bridgehead atoms. The largest absolute Gasteiger partial charge is 0.129 e. The van der Waals surface area contributed by atoms with Crippen LogP contribution in [0.5, 0.6) is 0 Å². The van der Waals surface area contributed by atoms with Crippen LogP contribution < -0.4 is 0 Å². The highest BCUT2D eigenvalue weighted by atomic mass is 32.2. The zero-order chi connectivity index (χ0) is 6.81. The molecule has 0 spiro atoms. The topological polar surface area (TPSA) is 0 Å². The minimum absolute atomic E-state index is 1.35. The predicted molar refractivity (Wildman–Crippen MR) is 50.4 cm³/mol. The van der Waals surface area contributed by atoms with Gasteiger partial charge in [-0.25, -0.2) is 0 Å². The Morgan fingerprint density at radius 1 is 0.800 bits per heavy atom. The van der Waals surface area contributed by atoms with Crippen LogP contribution in [-0.2, 0) is 0 Å². The Hall–Kier alpha value is 0.440. The molecule has 0 unspecified atom stereocenters. The highest BCUT2D eigenvalue weighted by molar-refractivity contribution is 8.10. The summed E-state index contributed by atoms with van der Waals surface area (Å²) in [6.07, 6.45) is 5.64. The summed E-state index contributed by atoms with van der Waals surface area (Å²) in [5.74, 6) is 2.70. The summed E-state index contributed by atoms with van der Waals surface area (Å²) in [5, 5.41) is 0. The molecule has 1 aliphatic carbocycles. The van der Waals surface area contributed by atoms with E-state index in [0.717, 1.165) is 0 Å². The first-order chi connectivity index (χ1) is 4.97. The lowest BCUT2D eigenvalue weighted by Crippen LogP contribution is -2.02. The molecule has 0 saturated carbocycles. The lowest BCUT2D eigenvalue weighted by molar-refractivity contribution is 0.715. The van der Waals surface area contributed by atoms with Gasteiger partial charge in [-0.3, -0.25) is 0 Å². The Labute approximate surface area is 70.8 Å². The van der Waals surface area contributed by atoms with E-state index in [4.69, 9.17) is 0 Å². The number of hydrogen-bond donors (Lipinski definition) is 0. The highest BCUT2D eigenvalue weighted by Gasteiger charge is 2.16. The van der Waals surface area contributed by atoms with E-state index in [-0.39, 0.29) is 0 Å². The molecule has 0 aromatic heterocycles. The smallest absolute Gasteiger partial charge is 0.00715 e. The molecule has 2 rings (SSSR count). The van der Waals surface area contributed by atoms with E-state index in [0.29, 0.717) is 0 Å². The van der Waals surface area contributed by atoms with E-state index in [2.05, 4.69) is 23.5 Å². The van der Waals surface area contributed by atoms with Gasteiger partial charge in [-0.1, -0.05) is 0 Å². The molecule has 0 amide bonds. The Balaban J connectivity index is 2.14. The average molecular weight is 172 g/mol. The van der Waals surface area contributed by atoms with Gasteiger partial charge in [0.1, 0.15) is 0 Å². The summed E-state index contributed by atoms with van der Waals surface area (Å²) in [6, 6.07) is 0. The monoisotopic (exact) mass is 172 g/mol. The number of allylic oxidation sites excluding steroid dienone is 2. The zero-order valence-electron chi connectivity index (χ0n) is 6.06. The first-order valence-electron chi connectivity index (χ1n) is 3.94. The molecule has 0 atom stereocenters. The number of hydrogen-bond acceptors (Lipinski definition) is 2. The number of rotatable bonds is 0. The van der Waals surface area contributed by atoms with Gasteiger partial charge in [-0.05, 0) is 35.5 Å². The van der Waals surface area contributed by atoms with Crippen LogP contribution in [0.15, 0.2) is 9.81 Å². The van der Waals surface area contributed by atoms with E-state index >= 15 is 0 Å². The molecule has 1 heterocycles. The van der Waals surface area contributed by atoms with Gasteiger partial charge < -0.3 is 0 Å². The van der Waals surface area contributed by atoms with Gasteiger partial charge in [0.2, 0.25) is 0 Å². The van der Waals surface area contributed by atoms with Crippen molar-refractivity contribution in [2.45, 2.75) is 25.7 Å². The summed E-state index contributed by atoms with van der Waals surface area (Å²) in [7, 11) is 0. The van der Waals surface area contributed by atoms with Crippen LogP contribution in [0.1, 0.15) is 25.7 Å². The minimum atomic E-state index is 1.35. The van der Waals surface area contributed by atoms with E-state index in [1.807, 2.05) is 0 Å². The van der Waals surface area contributed by atoms with Crippen molar-refractivity contribution >= 4 is 23.5 Å². The minimum Gasteiger partial charge on any atom is -0.129 e. The van der Waals surface area contributed by atoms with Gasteiger partial charge >= 0.3 is 0 Å². The molecule has 0 fully saturated rings. The predicted octanol–water partition coefficient (Wildman–Crippen LogP) is 3.25. The van der Waals surface area contributed by atoms with E-state index in [1.54, 1.807) is 9.81 Å². The van der Waals surface area contributed by atoms with Crippen molar-refractivity contribution in [1.82, 2.24) is 0 Å². The quantitative estimate of drug-likeness (QED) is 0.550. The average Bonchev–Trinajstić information content (AvgIpc) is 2.05. The molecule has 0 N–H and O–H groups in total. The summed E-state index contributed by atoms with van der Waals surface area (Å²) in [5.41, 5.74) is 0. The second-order valence-corrected chi connectivity index (χ2v) is 5.13. The normalized spacial score (nSPS) is 26.4. The molecule has 2 heteroatoms. The summed E-state index contributed by atoms with van der Waals surface area (Å²) < 4.78 is 0. The first-order valence-corrected chi connectivity index (χ1v) is 5.91. The maximum absolute atomic E-state index is 2.11. The third-order valence-corrected chi connectivity index (χ3v) is 4.81. The van der Waals surface area contributed by atoms with Gasteiger partial charge in [0.15, 0.2) is 0 Å². The Morgan fingerprint density at radius 3 is 1.80 bits per heavy atom. The molecule has 0 saturated heterocycles. The second-order valence-electron chi connectivity index (χ2n) is 2.75. The molecule has 1 aliphatic heterocycles.